The summed E-state index contributed by atoms with van der Waals surface area (Å²) in [6.45, 7) is 3.04. The highest BCUT2D eigenvalue weighted by Crippen LogP contribution is 2.39. The third kappa shape index (κ3) is 1.98. The van der Waals surface area contributed by atoms with Crippen LogP contribution in [-0.2, 0) is 0 Å². The van der Waals surface area contributed by atoms with E-state index in [0.29, 0.717) is 6.34 Å². The van der Waals surface area contributed by atoms with Crippen LogP contribution in [0.25, 0.3) is 0 Å². The number of hydrazone groups is 1. The predicted octanol–water partition coefficient (Wildman–Crippen LogP) is 1.97. The number of nitrogens with zero attached hydrogens (tertiary/aromatic N) is 2. The molecule has 3 nitrogen and oxygen atoms in total. The molecular weight excluding hydrogens is 221 g/mol. The molecule has 0 bridgehead atoms. The zero-order valence-corrected chi connectivity index (χ0v) is 8.02. The molecule has 88 valence electrons. The minimum atomic E-state index is -5.61. The van der Waals surface area contributed by atoms with E-state index in [1.54, 1.807) is 0 Å². The zero-order valence-electron chi connectivity index (χ0n) is 8.02. The normalized spacial score (nSPS) is 22.4. The largest absolute Gasteiger partial charge is 0.475 e. The van der Waals surface area contributed by atoms with Crippen LogP contribution in [0.3, 0.4) is 0 Å². The number of rotatable bonds is 2. The monoisotopic (exact) mass is 231 g/mol. The molecule has 0 aromatic rings. The Hall–Kier alpha value is -1.08. The van der Waals surface area contributed by atoms with Crippen LogP contribution in [0.4, 0.5) is 22.0 Å². The molecule has 1 unspecified atom stereocenters. The van der Waals surface area contributed by atoms with Crippen molar-refractivity contribution in [2.45, 2.75) is 32.2 Å². The third-order valence-electron chi connectivity index (χ3n) is 1.99. The summed E-state index contributed by atoms with van der Waals surface area (Å²) >= 11 is 0. The molecule has 0 aliphatic carbocycles. The minimum absolute atomic E-state index is 0.113. The van der Waals surface area contributed by atoms with Crippen LogP contribution in [0.2, 0.25) is 0 Å². The van der Waals surface area contributed by atoms with E-state index < -0.39 is 24.3 Å². The van der Waals surface area contributed by atoms with E-state index in [9.17, 15) is 22.0 Å². The van der Waals surface area contributed by atoms with Crippen molar-refractivity contribution >= 4 is 6.34 Å². The Bertz CT molecular complexity index is 260. The zero-order chi connectivity index (χ0) is 11.9. The lowest BCUT2D eigenvalue weighted by Gasteiger charge is -2.34. The Morgan fingerprint density at radius 2 is 1.80 bits per heavy atom. The van der Waals surface area contributed by atoms with Gasteiger partial charge in [-0.1, -0.05) is 13.8 Å². The smallest absolute Gasteiger partial charge is 0.286 e. The molecule has 0 saturated heterocycles. The number of hydrogen-bond donors (Lipinski definition) is 1. The number of nitrogens with one attached hydrogen (secondary N) is 1. The lowest BCUT2D eigenvalue weighted by molar-refractivity contribution is -0.331. The van der Waals surface area contributed by atoms with Gasteiger partial charge >= 0.3 is 12.2 Å². The fraction of sp³-hybridized carbons (Fsp3) is 0.857. The van der Waals surface area contributed by atoms with Crippen LogP contribution >= 0.6 is 0 Å². The Morgan fingerprint density at radius 1 is 1.27 bits per heavy atom. The van der Waals surface area contributed by atoms with E-state index in [0.717, 1.165) is 0 Å². The van der Waals surface area contributed by atoms with Gasteiger partial charge in [0.25, 0.3) is 0 Å². The van der Waals surface area contributed by atoms with E-state index in [-0.39, 0.29) is 4.90 Å². The van der Waals surface area contributed by atoms with Crippen molar-refractivity contribution in [1.29, 1.82) is 0 Å². The molecule has 0 aromatic carbocycles. The maximum atomic E-state index is 12.9. The fourth-order valence-corrected chi connectivity index (χ4v) is 1.17. The molecular formula is C7H10F5N3. The standard InChI is InChI=1S/C7H10F5N3/c1-4(2)5-14-13-3-15(5)7(11,12)6(8,9)10/h3-5,14H,1-2H3. The summed E-state index contributed by atoms with van der Waals surface area (Å²) in [7, 11) is 0. The van der Waals surface area contributed by atoms with Crippen molar-refractivity contribution in [1.82, 2.24) is 10.3 Å². The summed E-state index contributed by atoms with van der Waals surface area (Å²) in [6.07, 6.45) is -6.29. The number of alkyl halides is 5. The molecule has 1 atom stereocenters. The van der Waals surface area contributed by atoms with Gasteiger partial charge in [-0.05, 0) is 5.92 Å². The van der Waals surface area contributed by atoms with Crippen molar-refractivity contribution in [3.63, 3.8) is 0 Å². The third-order valence-corrected chi connectivity index (χ3v) is 1.99. The van der Waals surface area contributed by atoms with Crippen molar-refractivity contribution < 1.29 is 22.0 Å². The fourth-order valence-electron chi connectivity index (χ4n) is 1.17. The molecule has 1 rings (SSSR count). The van der Waals surface area contributed by atoms with Crippen molar-refractivity contribution in [3.05, 3.63) is 0 Å². The highest BCUT2D eigenvalue weighted by molar-refractivity contribution is 5.58. The molecule has 15 heavy (non-hydrogen) atoms. The van der Waals surface area contributed by atoms with Crippen molar-refractivity contribution in [2.75, 3.05) is 0 Å². The van der Waals surface area contributed by atoms with Crippen LogP contribution in [-0.4, -0.2) is 29.6 Å². The Kier molecular flexibility index (Phi) is 2.79. The highest BCUT2D eigenvalue weighted by Gasteiger charge is 2.63. The van der Waals surface area contributed by atoms with Gasteiger partial charge in [0.2, 0.25) is 0 Å². The molecule has 8 heteroatoms. The summed E-state index contributed by atoms with van der Waals surface area (Å²) in [4.78, 5) is -0.113. The van der Waals surface area contributed by atoms with Gasteiger partial charge in [0, 0.05) is 0 Å². The second-order valence-corrected chi connectivity index (χ2v) is 3.51. The maximum Gasteiger partial charge on any atom is 0.475 e. The van der Waals surface area contributed by atoms with Gasteiger partial charge in [-0.25, -0.2) is 0 Å². The molecule has 0 amide bonds. The molecule has 0 aromatic heterocycles. The quantitative estimate of drug-likeness (QED) is 0.581. The molecule has 0 radical (unpaired) electrons. The topological polar surface area (TPSA) is 27.6 Å². The first kappa shape index (κ1) is 12.0. The van der Waals surface area contributed by atoms with Crippen LogP contribution in [0, 0.1) is 5.92 Å². The number of halogens is 5. The van der Waals surface area contributed by atoms with Gasteiger partial charge in [0.15, 0.2) is 0 Å². The van der Waals surface area contributed by atoms with Gasteiger partial charge in [-0.15, -0.1) is 0 Å². The summed E-state index contributed by atoms with van der Waals surface area (Å²) < 4.78 is 62.0. The molecule has 1 N–H and O–H groups in total. The van der Waals surface area contributed by atoms with E-state index >= 15 is 0 Å². The van der Waals surface area contributed by atoms with Crippen LogP contribution in [0.5, 0.6) is 0 Å². The van der Waals surface area contributed by atoms with Gasteiger partial charge in [-0.3, -0.25) is 10.3 Å². The van der Waals surface area contributed by atoms with E-state index in [1.165, 1.54) is 13.8 Å². The average molecular weight is 231 g/mol. The summed E-state index contributed by atoms with van der Waals surface area (Å²) in [5.74, 6) is -0.430. The molecule has 1 heterocycles. The maximum absolute atomic E-state index is 12.9. The highest BCUT2D eigenvalue weighted by atomic mass is 19.4. The molecule has 1 aliphatic heterocycles. The Labute approximate surface area is 82.9 Å². The van der Waals surface area contributed by atoms with E-state index in [4.69, 9.17) is 0 Å². The minimum Gasteiger partial charge on any atom is -0.286 e. The summed E-state index contributed by atoms with van der Waals surface area (Å²) in [5.41, 5.74) is 2.20. The second-order valence-electron chi connectivity index (χ2n) is 3.51. The van der Waals surface area contributed by atoms with Crippen molar-refractivity contribution in [3.8, 4) is 0 Å². The first-order chi connectivity index (χ1) is 6.68. The molecule has 0 spiro atoms. The molecule has 1 aliphatic rings. The van der Waals surface area contributed by atoms with Gasteiger partial charge in [-0.2, -0.15) is 27.1 Å². The second kappa shape index (κ2) is 3.49. The lowest BCUT2D eigenvalue weighted by Crippen LogP contribution is -2.57. The van der Waals surface area contributed by atoms with Crippen LogP contribution in [0.15, 0.2) is 5.10 Å². The summed E-state index contributed by atoms with van der Waals surface area (Å²) in [5, 5.41) is 3.22. The predicted molar refractivity (Wildman–Crippen MR) is 43.1 cm³/mol. The van der Waals surface area contributed by atoms with Gasteiger partial charge in [0.1, 0.15) is 12.5 Å². The van der Waals surface area contributed by atoms with E-state index in [2.05, 4.69) is 10.5 Å². The van der Waals surface area contributed by atoms with Gasteiger partial charge in [0.05, 0.1) is 0 Å². The lowest BCUT2D eigenvalue weighted by atomic mass is 10.1. The number of hydrogen-bond acceptors (Lipinski definition) is 3. The van der Waals surface area contributed by atoms with E-state index in [1.807, 2.05) is 0 Å². The Morgan fingerprint density at radius 3 is 2.20 bits per heavy atom. The van der Waals surface area contributed by atoms with Crippen molar-refractivity contribution in [2.24, 2.45) is 11.0 Å². The molecule has 0 fully saturated rings. The van der Waals surface area contributed by atoms with Crippen LogP contribution < -0.4 is 5.43 Å². The SMILES string of the molecule is CC(C)C1NN=CN1C(F)(F)C(F)(F)F. The average Bonchev–Trinajstić information content (AvgIpc) is 2.48. The Balaban J connectivity index is 2.91. The van der Waals surface area contributed by atoms with Crippen LogP contribution in [0.1, 0.15) is 13.8 Å². The first-order valence-electron chi connectivity index (χ1n) is 4.19. The first-order valence-corrected chi connectivity index (χ1v) is 4.19. The molecule has 0 saturated carbocycles. The summed E-state index contributed by atoms with van der Waals surface area (Å²) in [6, 6.07) is -4.91. The van der Waals surface area contributed by atoms with Gasteiger partial charge < -0.3 is 0 Å².